The third kappa shape index (κ3) is 6.39. The first-order valence-electron chi connectivity index (χ1n) is 22.6. The summed E-state index contributed by atoms with van der Waals surface area (Å²) < 4.78 is 0. The van der Waals surface area contributed by atoms with Crippen LogP contribution < -0.4 is 4.90 Å². The van der Waals surface area contributed by atoms with Gasteiger partial charge in [0.15, 0.2) is 0 Å². The van der Waals surface area contributed by atoms with Crippen LogP contribution >= 0.6 is 0 Å². The Morgan fingerprint density at radius 1 is 0.292 bits per heavy atom. The molecule has 12 rings (SSSR count). The average Bonchev–Trinajstić information content (AvgIpc) is 3.65. The fourth-order valence-electron chi connectivity index (χ4n) is 10.6. The molecule has 0 saturated carbocycles. The summed E-state index contributed by atoms with van der Waals surface area (Å²) in [7, 11) is 0. The van der Waals surface area contributed by atoms with Crippen molar-refractivity contribution in [3.05, 3.63) is 271 Å². The molecule has 1 atom stereocenters. The summed E-state index contributed by atoms with van der Waals surface area (Å²) in [5.41, 5.74) is 19.2. The Kier molecular flexibility index (Phi) is 9.35. The van der Waals surface area contributed by atoms with Crippen LogP contribution in [0.25, 0.3) is 77.2 Å². The van der Waals surface area contributed by atoms with Crippen molar-refractivity contribution in [2.75, 3.05) is 4.90 Å². The van der Waals surface area contributed by atoms with E-state index in [1.54, 1.807) is 0 Å². The minimum absolute atomic E-state index is 0.321. The molecule has 0 aliphatic heterocycles. The summed E-state index contributed by atoms with van der Waals surface area (Å²) >= 11 is 0. The lowest BCUT2D eigenvalue weighted by atomic mass is 9.74. The number of nitrogens with zero attached hydrogens (tertiary/aromatic N) is 1. The quantitative estimate of drug-likeness (QED) is 0.138. The van der Waals surface area contributed by atoms with E-state index in [1.165, 1.54) is 93.9 Å². The van der Waals surface area contributed by atoms with Crippen molar-refractivity contribution in [3.8, 4) is 55.6 Å². The molecule has 1 aliphatic carbocycles. The van der Waals surface area contributed by atoms with Gasteiger partial charge in [0.2, 0.25) is 0 Å². The molecule has 0 heterocycles. The van der Waals surface area contributed by atoms with Gasteiger partial charge in [0.05, 0.1) is 5.69 Å². The molecule has 0 bridgehead atoms. The second-order valence-electron chi connectivity index (χ2n) is 17.3. The second kappa shape index (κ2) is 15.8. The normalized spacial score (nSPS) is 14.0. The van der Waals surface area contributed by atoms with E-state index < -0.39 is 0 Å². The number of hydrogen-bond donors (Lipinski definition) is 0. The van der Waals surface area contributed by atoms with Crippen molar-refractivity contribution in [2.45, 2.75) is 12.3 Å². The molecule has 65 heavy (non-hydrogen) atoms. The number of anilines is 3. The summed E-state index contributed by atoms with van der Waals surface area (Å²) in [6.45, 7) is 2.40. The Balaban J connectivity index is 1.04. The maximum absolute atomic E-state index is 2.45. The topological polar surface area (TPSA) is 3.24 Å². The third-order valence-corrected chi connectivity index (χ3v) is 13.7. The van der Waals surface area contributed by atoms with Gasteiger partial charge in [0, 0.05) is 22.4 Å². The van der Waals surface area contributed by atoms with Crippen molar-refractivity contribution in [1.82, 2.24) is 0 Å². The van der Waals surface area contributed by atoms with E-state index >= 15 is 0 Å². The highest BCUT2D eigenvalue weighted by Crippen LogP contribution is 2.54. The molecule has 1 aliphatic rings. The van der Waals surface area contributed by atoms with Crippen LogP contribution in [0.1, 0.15) is 23.6 Å². The molecule has 0 saturated heterocycles. The molecule has 0 spiro atoms. The minimum Gasteiger partial charge on any atom is -0.310 e. The second-order valence-corrected chi connectivity index (χ2v) is 17.3. The first kappa shape index (κ1) is 38.4. The summed E-state index contributed by atoms with van der Waals surface area (Å²) in [5.74, 6) is 0. The lowest BCUT2D eigenvalue weighted by Gasteiger charge is -2.31. The smallest absolute Gasteiger partial charge is 0.0540 e. The van der Waals surface area contributed by atoms with Gasteiger partial charge in [0.25, 0.3) is 0 Å². The highest BCUT2D eigenvalue weighted by atomic mass is 15.1. The van der Waals surface area contributed by atoms with Gasteiger partial charge < -0.3 is 4.90 Å². The number of rotatable bonds is 8. The Hall–Kier alpha value is -8.26. The van der Waals surface area contributed by atoms with Gasteiger partial charge in [-0.2, -0.15) is 0 Å². The van der Waals surface area contributed by atoms with Crippen molar-refractivity contribution in [1.29, 1.82) is 0 Å². The van der Waals surface area contributed by atoms with Gasteiger partial charge in [-0.25, -0.2) is 0 Å². The summed E-state index contributed by atoms with van der Waals surface area (Å²) in [6.07, 6.45) is 0. The van der Waals surface area contributed by atoms with E-state index in [4.69, 9.17) is 0 Å². The van der Waals surface area contributed by atoms with Crippen LogP contribution in [0.15, 0.2) is 255 Å². The summed E-state index contributed by atoms with van der Waals surface area (Å²) in [4.78, 5) is 2.45. The molecule has 0 radical (unpaired) electrons. The zero-order valence-electron chi connectivity index (χ0n) is 36.2. The van der Waals surface area contributed by atoms with Crippen LogP contribution in [0, 0.1) is 0 Å². The SMILES string of the molecule is CC1(c2ccccc2)c2ccccc2-c2ccc(N(c3ccc(-c4ccc5c(c4)c(-c4ccccc4)c(-c4ccccc4)c4ccccc45)cc3)c3ccccc3-c3ccccc3)cc21. The maximum atomic E-state index is 2.45. The molecular weight excluding hydrogens is 783 g/mol. The molecular formula is C64H45N. The van der Waals surface area contributed by atoms with Crippen LogP contribution in [-0.4, -0.2) is 0 Å². The molecule has 0 aromatic heterocycles. The van der Waals surface area contributed by atoms with Crippen molar-refractivity contribution in [2.24, 2.45) is 0 Å². The predicted molar refractivity (Wildman–Crippen MR) is 275 cm³/mol. The predicted octanol–water partition coefficient (Wildman–Crippen LogP) is 17.5. The van der Waals surface area contributed by atoms with Gasteiger partial charge in [-0.05, 0) is 132 Å². The van der Waals surface area contributed by atoms with E-state index in [2.05, 4.69) is 267 Å². The van der Waals surface area contributed by atoms with Crippen molar-refractivity contribution < 1.29 is 0 Å². The highest BCUT2D eigenvalue weighted by Gasteiger charge is 2.41. The highest BCUT2D eigenvalue weighted by molar-refractivity contribution is 6.22. The maximum Gasteiger partial charge on any atom is 0.0540 e. The average molecular weight is 828 g/mol. The van der Waals surface area contributed by atoms with Crippen molar-refractivity contribution >= 4 is 38.6 Å². The fraction of sp³-hybridized carbons (Fsp3) is 0.0312. The number of fused-ring (bicyclic) bond motifs is 6. The minimum atomic E-state index is -0.321. The van der Waals surface area contributed by atoms with Gasteiger partial charge in [-0.3, -0.25) is 0 Å². The van der Waals surface area contributed by atoms with E-state index in [0.29, 0.717) is 0 Å². The Labute approximate surface area is 381 Å². The van der Waals surface area contributed by atoms with Gasteiger partial charge >= 0.3 is 0 Å². The summed E-state index contributed by atoms with van der Waals surface area (Å²) in [6, 6.07) is 93.5. The summed E-state index contributed by atoms with van der Waals surface area (Å²) in [5, 5.41) is 5.02. The van der Waals surface area contributed by atoms with E-state index in [-0.39, 0.29) is 5.41 Å². The largest absolute Gasteiger partial charge is 0.310 e. The molecule has 11 aromatic rings. The lowest BCUT2D eigenvalue weighted by Crippen LogP contribution is -2.22. The molecule has 306 valence electrons. The molecule has 1 heteroatoms. The van der Waals surface area contributed by atoms with Crippen LogP contribution in [0.5, 0.6) is 0 Å². The van der Waals surface area contributed by atoms with Crippen LogP contribution in [0.2, 0.25) is 0 Å². The Bertz CT molecular complexity index is 3520. The Morgan fingerprint density at radius 3 is 1.48 bits per heavy atom. The van der Waals surface area contributed by atoms with E-state index in [1.807, 2.05) is 0 Å². The number of hydrogen-bond acceptors (Lipinski definition) is 1. The van der Waals surface area contributed by atoms with Crippen LogP contribution in [-0.2, 0) is 5.41 Å². The zero-order chi connectivity index (χ0) is 43.3. The molecule has 1 unspecified atom stereocenters. The number of benzene rings is 11. The fourth-order valence-corrected chi connectivity index (χ4v) is 10.6. The third-order valence-electron chi connectivity index (χ3n) is 13.7. The van der Waals surface area contributed by atoms with E-state index in [0.717, 1.165) is 17.1 Å². The van der Waals surface area contributed by atoms with Crippen LogP contribution in [0.3, 0.4) is 0 Å². The lowest BCUT2D eigenvalue weighted by molar-refractivity contribution is 0.714. The first-order valence-corrected chi connectivity index (χ1v) is 22.6. The standard InChI is InChI=1S/C64H45N/c1-64(49-26-12-5-13-27-49)59-32-18-16-30-55(59)56-41-39-51(43-60(56)64)65(61-33-19-17-28-52(61)45-20-6-2-7-21-45)50-37-34-44(35-38-50)48-36-40-54-53-29-14-15-31-57(53)62(46-22-8-3-9-23-46)63(58(54)42-48)47-24-10-4-11-25-47/h2-43H,1H3. The number of para-hydroxylation sites is 1. The Morgan fingerprint density at radius 2 is 0.785 bits per heavy atom. The molecule has 1 nitrogen and oxygen atoms in total. The zero-order valence-corrected chi connectivity index (χ0v) is 36.2. The molecule has 0 N–H and O–H groups in total. The van der Waals surface area contributed by atoms with Gasteiger partial charge in [-0.1, -0.05) is 218 Å². The monoisotopic (exact) mass is 827 g/mol. The van der Waals surface area contributed by atoms with Gasteiger partial charge in [-0.15, -0.1) is 0 Å². The first-order chi connectivity index (χ1) is 32.1. The van der Waals surface area contributed by atoms with Crippen LogP contribution in [0.4, 0.5) is 17.1 Å². The molecule has 11 aromatic carbocycles. The molecule has 0 fully saturated rings. The van der Waals surface area contributed by atoms with E-state index in [9.17, 15) is 0 Å². The molecule has 0 amide bonds. The van der Waals surface area contributed by atoms with Crippen molar-refractivity contribution in [3.63, 3.8) is 0 Å². The van der Waals surface area contributed by atoms with Gasteiger partial charge in [0.1, 0.15) is 0 Å².